The first-order valence-corrected chi connectivity index (χ1v) is 14.7. The van der Waals surface area contributed by atoms with Crippen molar-refractivity contribution in [2.75, 3.05) is 4.90 Å². The van der Waals surface area contributed by atoms with Crippen LogP contribution in [0.4, 0.5) is 17.1 Å². The number of rotatable bonds is 9. The van der Waals surface area contributed by atoms with Crippen LogP contribution in [0, 0.1) is 13.8 Å². The summed E-state index contributed by atoms with van der Waals surface area (Å²) < 4.78 is 10.4. The van der Waals surface area contributed by atoms with Gasteiger partial charge < -0.3 is 14.4 Å². The number of hydrogen-bond donors (Lipinski definition) is 0. The van der Waals surface area contributed by atoms with Gasteiger partial charge in [0.2, 0.25) is 0 Å². The van der Waals surface area contributed by atoms with Gasteiger partial charge in [-0.1, -0.05) is 90.0 Å². The van der Waals surface area contributed by atoms with Crippen molar-refractivity contribution >= 4 is 40.6 Å². The van der Waals surface area contributed by atoms with Gasteiger partial charge in [0, 0.05) is 30.9 Å². The molecule has 5 heteroatoms. The third kappa shape index (κ3) is 8.24. The van der Waals surface area contributed by atoms with Gasteiger partial charge in [0.1, 0.15) is 11.5 Å². The van der Waals surface area contributed by atoms with Crippen LogP contribution in [0.15, 0.2) is 133 Å². The molecule has 0 unspecified atom stereocenters. The van der Waals surface area contributed by atoms with E-state index in [1.54, 1.807) is 24.3 Å². The maximum absolute atomic E-state index is 11.4. The molecule has 0 radical (unpaired) electrons. The van der Waals surface area contributed by atoms with Crippen molar-refractivity contribution in [3.05, 3.63) is 161 Å². The topological polar surface area (TPSA) is 55.8 Å². The number of hydrogen-bond acceptors (Lipinski definition) is 5. The lowest BCUT2D eigenvalue weighted by molar-refractivity contribution is -0.132. The van der Waals surface area contributed by atoms with Crippen LogP contribution in [0.1, 0.15) is 41.7 Å². The molecule has 0 fully saturated rings. The normalized spacial score (nSPS) is 10.8. The van der Waals surface area contributed by atoms with E-state index < -0.39 is 0 Å². The van der Waals surface area contributed by atoms with Gasteiger partial charge in [-0.15, -0.1) is 0 Å². The first-order chi connectivity index (χ1) is 21.7. The van der Waals surface area contributed by atoms with Gasteiger partial charge in [-0.05, 0) is 96.8 Å². The standard InChI is InChI=1S/C40H35NO4/c1-28-8-18-35(19-9-28)41(36-20-10-29(2)11-21-36)37-22-12-32(13-23-37)6-5-7-40(33-14-24-38(25-15-33)44-30(3)42)34-16-26-39(27-17-34)45-31(4)43/h5-27H,1-4H3. The Labute approximate surface area is 264 Å². The highest BCUT2D eigenvalue weighted by Gasteiger charge is 2.12. The Balaban J connectivity index is 1.44. The molecule has 0 atom stereocenters. The first kappa shape index (κ1) is 30.8. The minimum absolute atomic E-state index is 0.366. The highest BCUT2D eigenvalue weighted by Crippen LogP contribution is 2.35. The summed E-state index contributed by atoms with van der Waals surface area (Å²) in [6, 6.07) is 40.3. The molecule has 0 N–H and O–H groups in total. The van der Waals surface area contributed by atoms with E-state index in [2.05, 4.69) is 97.6 Å². The highest BCUT2D eigenvalue weighted by molar-refractivity contribution is 5.83. The fourth-order valence-corrected chi connectivity index (χ4v) is 4.92. The quantitative estimate of drug-likeness (QED) is 0.0967. The number of aryl methyl sites for hydroxylation is 2. The molecule has 0 amide bonds. The number of ether oxygens (including phenoxy) is 2. The largest absolute Gasteiger partial charge is 0.427 e. The number of esters is 2. The van der Waals surface area contributed by atoms with E-state index in [0.717, 1.165) is 39.3 Å². The number of allylic oxidation sites excluding steroid dienone is 2. The van der Waals surface area contributed by atoms with Crippen molar-refractivity contribution in [1.29, 1.82) is 0 Å². The SMILES string of the molecule is CC(=O)Oc1ccc(C(=CC=Cc2ccc(N(c3ccc(C)cc3)c3ccc(C)cc3)cc2)c2ccc(OC(C)=O)cc2)cc1. The zero-order valence-corrected chi connectivity index (χ0v) is 25.9. The zero-order valence-electron chi connectivity index (χ0n) is 25.9. The number of nitrogens with zero attached hydrogens (tertiary/aromatic N) is 1. The number of benzene rings is 5. The second-order valence-corrected chi connectivity index (χ2v) is 10.8. The highest BCUT2D eigenvalue weighted by atomic mass is 16.5. The van der Waals surface area contributed by atoms with Crippen LogP contribution in [-0.4, -0.2) is 11.9 Å². The van der Waals surface area contributed by atoms with Crippen LogP contribution in [0.25, 0.3) is 11.6 Å². The Morgan fingerprint density at radius 3 is 1.29 bits per heavy atom. The molecule has 0 saturated heterocycles. The Morgan fingerprint density at radius 1 is 0.533 bits per heavy atom. The molecular formula is C40H35NO4. The molecule has 0 aromatic heterocycles. The van der Waals surface area contributed by atoms with Crippen LogP contribution in [0.5, 0.6) is 11.5 Å². The van der Waals surface area contributed by atoms with Gasteiger partial charge >= 0.3 is 11.9 Å². The Morgan fingerprint density at radius 2 is 0.911 bits per heavy atom. The van der Waals surface area contributed by atoms with Gasteiger partial charge in [-0.25, -0.2) is 0 Å². The molecule has 45 heavy (non-hydrogen) atoms. The summed E-state index contributed by atoms with van der Waals surface area (Å²) >= 11 is 0. The van der Waals surface area contributed by atoms with Crippen LogP contribution in [0.3, 0.4) is 0 Å². The summed E-state index contributed by atoms with van der Waals surface area (Å²) in [7, 11) is 0. The van der Waals surface area contributed by atoms with Gasteiger partial charge in [-0.3, -0.25) is 9.59 Å². The average molecular weight is 594 g/mol. The molecule has 5 aromatic carbocycles. The Bertz CT molecular complexity index is 1710. The minimum Gasteiger partial charge on any atom is -0.427 e. The lowest BCUT2D eigenvalue weighted by Crippen LogP contribution is -2.09. The summed E-state index contributed by atoms with van der Waals surface area (Å²) in [4.78, 5) is 25.0. The van der Waals surface area contributed by atoms with Crippen LogP contribution in [0.2, 0.25) is 0 Å². The molecule has 0 spiro atoms. The summed E-state index contributed by atoms with van der Waals surface area (Å²) in [5, 5.41) is 0. The molecular weight excluding hydrogens is 558 g/mol. The molecule has 0 aliphatic carbocycles. The van der Waals surface area contributed by atoms with Crippen LogP contribution >= 0.6 is 0 Å². The lowest BCUT2D eigenvalue weighted by atomic mass is 9.97. The Hall–Kier alpha value is -5.68. The van der Waals surface area contributed by atoms with Gasteiger partial charge in [-0.2, -0.15) is 0 Å². The second kappa shape index (κ2) is 14.2. The van der Waals surface area contributed by atoms with E-state index in [1.165, 1.54) is 25.0 Å². The van der Waals surface area contributed by atoms with Crippen molar-refractivity contribution < 1.29 is 19.1 Å². The number of anilines is 3. The second-order valence-electron chi connectivity index (χ2n) is 10.8. The molecule has 0 saturated carbocycles. The smallest absolute Gasteiger partial charge is 0.308 e. The van der Waals surface area contributed by atoms with Gasteiger partial charge in [0.25, 0.3) is 0 Å². The molecule has 0 bridgehead atoms. The average Bonchev–Trinajstić information content (AvgIpc) is 3.02. The molecule has 224 valence electrons. The van der Waals surface area contributed by atoms with E-state index in [1.807, 2.05) is 36.4 Å². The van der Waals surface area contributed by atoms with Gasteiger partial charge in [0.05, 0.1) is 0 Å². The summed E-state index contributed by atoms with van der Waals surface area (Å²) in [6.45, 7) is 6.95. The fourth-order valence-electron chi connectivity index (χ4n) is 4.92. The summed E-state index contributed by atoms with van der Waals surface area (Å²) in [5.74, 6) is 0.234. The molecule has 0 aliphatic heterocycles. The predicted octanol–water partition coefficient (Wildman–Crippen LogP) is 9.77. The first-order valence-electron chi connectivity index (χ1n) is 14.7. The lowest BCUT2D eigenvalue weighted by Gasteiger charge is -2.25. The van der Waals surface area contributed by atoms with Gasteiger partial charge in [0.15, 0.2) is 0 Å². The Kier molecular flexibility index (Phi) is 9.70. The molecule has 0 aliphatic rings. The number of carbonyl (C=O) groups is 2. The number of carbonyl (C=O) groups excluding carboxylic acids is 2. The van der Waals surface area contributed by atoms with E-state index in [9.17, 15) is 9.59 Å². The molecule has 0 heterocycles. The third-order valence-electron chi connectivity index (χ3n) is 7.14. The zero-order chi connectivity index (χ0) is 31.8. The molecule has 5 aromatic rings. The third-order valence-corrected chi connectivity index (χ3v) is 7.14. The van der Waals surface area contributed by atoms with Crippen LogP contribution in [-0.2, 0) is 9.59 Å². The van der Waals surface area contributed by atoms with Crippen LogP contribution < -0.4 is 14.4 Å². The van der Waals surface area contributed by atoms with E-state index >= 15 is 0 Å². The summed E-state index contributed by atoms with van der Waals surface area (Å²) in [5.41, 5.74) is 9.59. The minimum atomic E-state index is -0.366. The predicted molar refractivity (Wildman–Crippen MR) is 182 cm³/mol. The maximum atomic E-state index is 11.4. The summed E-state index contributed by atoms with van der Waals surface area (Å²) in [6.07, 6.45) is 6.12. The monoisotopic (exact) mass is 593 g/mol. The molecule has 5 nitrogen and oxygen atoms in total. The van der Waals surface area contributed by atoms with Crippen molar-refractivity contribution in [1.82, 2.24) is 0 Å². The fraction of sp³-hybridized carbons (Fsp3) is 0.100. The van der Waals surface area contributed by atoms with Crippen molar-refractivity contribution in [2.45, 2.75) is 27.7 Å². The molecule has 5 rings (SSSR count). The van der Waals surface area contributed by atoms with E-state index in [-0.39, 0.29) is 11.9 Å². The van der Waals surface area contributed by atoms with Crippen molar-refractivity contribution in [3.8, 4) is 11.5 Å². The maximum Gasteiger partial charge on any atom is 0.308 e. The van der Waals surface area contributed by atoms with E-state index in [0.29, 0.717) is 11.5 Å². The van der Waals surface area contributed by atoms with Crippen molar-refractivity contribution in [2.24, 2.45) is 0 Å². The van der Waals surface area contributed by atoms with E-state index in [4.69, 9.17) is 9.47 Å². The van der Waals surface area contributed by atoms with Crippen molar-refractivity contribution in [3.63, 3.8) is 0 Å².